The summed E-state index contributed by atoms with van der Waals surface area (Å²) >= 11 is 1.53. The van der Waals surface area contributed by atoms with E-state index in [0.29, 0.717) is 0 Å². The number of nitrogens with zero attached hydrogens (tertiary/aromatic N) is 2. The third-order valence-electron chi connectivity index (χ3n) is 3.16. The van der Waals surface area contributed by atoms with Gasteiger partial charge in [-0.3, -0.25) is 9.59 Å². The van der Waals surface area contributed by atoms with Crippen molar-refractivity contribution in [3.8, 4) is 0 Å². The van der Waals surface area contributed by atoms with Crippen LogP contribution in [0, 0.1) is 13.8 Å². The van der Waals surface area contributed by atoms with Crippen molar-refractivity contribution in [1.82, 2.24) is 14.9 Å². The Labute approximate surface area is 121 Å². The van der Waals surface area contributed by atoms with Crippen molar-refractivity contribution in [2.24, 2.45) is 7.05 Å². The van der Waals surface area contributed by atoms with Gasteiger partial charge < -0.3 is 9.88 Å². The van der Waals surface area contributed by atoms with Crippen LogP contribution in [0.1, 0.15) is 39.7 Å². The Hall–Kier alpha value is -1.95. The van der Waals surface area contributed by atoms with E-state index in [2.05, 4.69) is 10.3 Å². The van der Waals surface area contributed by atoms with Crippen LogP contribution < -0.4 is 10.7 Å². The number of thiazole rings is 1. The van der Waals surface area contributed by atoms with Crippen molar-refractivity contribution in [1.29, 1.82) is 0 Å². The third-order valence-corrected chi connectivity index (χ3v) is 3.95. The van der Waals surface area contributed by atoms with Gasteiger partial charge in [-0.2, -0.15) is 0 Å². The molecule has 2 aromatic rings. The second-order valence-corrected chi connectivity index (χ2v) is 5.85. The van der Waals surface area contributed by atoms with Crippen molar-refractivity contribution in [2.75, 3.05) is 0 Å². The first-order valence-corrected chi connectivity index (χ1v) is 7.16. The number of aromatic nitrogens is 2. The average molecular weight is 291 g/mol. The normalized spacial score (nSPS) is 12.2. The Balaban J connectivity index is 2.20. The Morgan fingerprint density at radius 1 is 1.45 bits per heavy atom. The monoisotopic (exact) mass is 291 g/mol. The second kappa shape index (κ2) is 5.58. The highest BCUT2D eigenvalue weighted by Gasteiger charge is 2.16. The maximum absolute atomic E-state index is 12.2. The van der Waals surface area contributed by atoms with Crippen molar-refractivity contribution < 1.29 is 4.79 Å². The molecule has 0 saturated heterocycles. The number of amides is 1. The van der Waals surface area contributed by atoms with E-state index in [1.807, 2.05) is 26.2 Å². The number of pyridine rings is 1. The van der Waals surface area contributed by atoms with E-state index in [9.17, 15) is 9.59 Å². The van der Waals surface area contributed by atoms with Gasteiger partial charge in [0.15, 0.2) is 5.43 Å². The Morgan fingerprint density at radius 2 is 2.15 bits per heavy atom. The van der Waals surface area contributed by atoms with E-state index in [4.69, 9.17) is 0 Å². The lowest BCUT2D eigenvalue weighted by Gasteiger charge is -2.12. The van der Waals surface area contributed by atoms with Gasteiger partial charge in [-0.1, -0.05) is 0 Å². The predicted octanol–water partition coefficient (Wildman–Crippen LogP) is 1.95. The number of rotatable bonds is 3. The lowest BCUT2D eigenvalue weighted by molar-refractivity contribution is 0.0937. The average Bonchev–Trinajstić information content (AvgIpc) is 2.80. The van der Waals surface area contributed by atoms with Gasteiger partial charge in [0.05, 0.1) is 16.7 Å². The molecule has 0 spiro atoms. The van der Waals surface area contributed by atoms with Gasteiger partial charge in [0.2, 0.25) is 0 Å². The summed E-state index contributed by atoms with van der Waals surface area (Å²) in [4.78, 5) is 28.4. The Morgan fingerprint density at radius 3 is 2.75 bits per heavy atom. The minimum atomic E-state index is -0.372. The molecule has 0 saturated carbocycles. The van der Waals surface area contributed by atoms with Crippen molar-refractivity contribution >= 4 is 17.2 Å². The zero-order valence-corrected chi connectivity index (χ0v) is 12.7. The third kappa shape index (κ3) is 2.96. The van der Waals surface area contributed by atoms with Gasteiger partial charge >= 0.3 is 0 Å². The Bertz CT molecular complexity index is 703. The van der Waals surface area contributed by atoms with Crippen LogP contribution in [0.4, 0.5) is 0 Å². The molecule has 1 amide bonds. The molecule has 2 heterocycles. The van der Waals surface area contributed by atoms with Gasteiger partial charge in [-0.25, -0.2) is 4.98 Å². The summed E-state index contributed by atoms with van der Waals surface area (Å²) in [6.07, 6.45) is 1.56. The summed E-state index contributed by atoms with van der Waals surface area (Å²) < 4.78 is 1.76. The highest BCUT2D eigenvalue weighted by atomic mass is 32.1. The standard InChI is InChI=1S/C14H17N3O2S/c1-8-5-13(18)11(6-17(8)4)14(19)15-9(2)12-7-20-10(3)16-12/h5-7,9H,1-4H3,(H,15,19). The molecule has 0 aromatic carbocycles. The summed E-state index contributed by atoms with van der Waals surface area (Å²) in [6.45, 7) is 5.59. The Kier molecular flexibility index (Phi) is 4.04. The molecule has 0 aliphatic carbocycles. The van der Waals surface area contributed by atoms with Crippen LogP contribution in [0.2, 0.25) is 0 Å². The first kappa shape index (κ1) is 14.5. The molecule has 5 nitrogen and oxygen atoms in total. The van der Waals surface area contributed by atoms with Crippen molar-refractivity contribution in [3.05, 3.63) is 49.8 Å². The molecule has 0 fully saturated rings. The topological polar surface area (TPSA) is 64.0 Å². The maximum atomic E-state index is 12.2. The van der Waals surface area contributed by atoms with E-state index in [-0.39, 0.29) is 22.9 Å². The number of hydrogen-bond acceptors (Lipinski definition) is 4. The SMILES string of the molecule is Cc1nc(C(C)NC(=O)c2cn(C)c(C)cc2=O)cs1. The molecular formula is C14H17N3O2S. The minimum Gasteiger partial charge on any atom is -0.354 e. The molecule has 20 heavy (non-hydrogen) atoms. The predicted molar refractivity (Wildman–Crippen MR) is 79.2 cm³/mol. The summed E-state index contributed by atoms with van der Waals surface area (Å²) in [5, 5.41) is 5.67. The summed E-state index contributed by atoms with van der Waals surface area (Å²) in [7, 11) is 1.80. The fourth-order valence-electron chi connectivity index (χ4n) is 1.83. The quantitative estimate of drug-likeness (QED) is 0.940. The van der Waals surface area contributed by atoms with E-state index in [1.165, 1.54) is 17.4 Å². The molecule has 106 valence electrons. The van der Waals surface area contributed by atoms with Crippen molar-refractivity contribution in [2.45, 2.75) is 26.8 Å². The fraction of sp³-hybridized carbons (Fsp3) is 0.357. The minimum absolute atomic E-state index is 0.150. The number of aryl methyl sites for hydroxylation is 3. The highest BCUT2D eigenvalue weighted by Crippen LogP contribution is 2.15. The molecule has 2 rings (SSSR count). The van der Waals surface area contributed by atoms with Gasteiger partial charge in [-0.15, -0.1) is 11.3 Å². The maximum Gasteiger partial charge on any atom is 0.257 e. The largest absolute Gasteiger partial charge is 0.354 e. The highest BCUT2D eigenvalue weighted by molar-refractivity contribution is 7.09. The second-order valence-electron chi connectivity index (χ2n) is 4.79. The molecule has 1 unspecified atom stereocenters. The van der Waals surface area contributed by atoms with Crippen LogP contribution in [0.15, 0.2) is 22.4 Å². The molecule has 0 bridgehead atoms. The molecule has 1 N–H and O–H groups in total. The first-order chi connectivity index (χ1) is 9.38. The van der Waals surface area contributed by atoms with Crippen LogP contribution >= 0.6 is 11.3 Å². The van der Waals surface area contributed by atoms with E-state index in [1.54, 1.807) is 17.8 Å². The molecule has 1 atom stereocenters. The lowest BCUT2D eigenvalue weighted by Crippen LogP contribution is -2.31. The zero-order valence-electron chi connectivity index (χ0n) is 11.9. The number of nitrogens with one attached hydrogen (secondary N) is 1. The molecule has 0 aliphatic rings. The van der Waals surface area contributed by atoms with Gasteiger partial charge in [-0.05, 0) is 20.8 Å². The first-order valence-electron chi connectivity index (χ1n) is 6.28. The smallest absolute Gasteiger partial charge is 0.257 e. The lowest BCUT2D eigenvalue weighted by atomic mass is 10.2. The molecule has 0 radical (unpaired) electrons. The summed E-state index contributed by atoms with van der Waals surface area (Å²) in [5.41, 5.74) is 1.51. The van der Waals surface area contributed by atoms with E-state index >= 15 is 0 Å². The van der Waals surface area contributed by atoms with Crippen LogP contribution in [0.3, 0.4) is 0 Å². The van der Waals surface area contributed by atoms with E-state index < -0.39 is 0 Å². The van der Waals surface area contributed by atoms with Gasteiger partial charge in [0.25, 0.3) is 5.91 Å². The number of carbonyl (C=O) groups excluding carboxylic acids is 1. The van der Waals surface area contributed by atoms with Gasteiger partial charge in [0.1, 0.15) is 5.56 Å². The van der Waals surface area contributed by atoms with Crippen LogP contribution in [-0.4, -0.2) is 15.5 Å². The molecule has 0 aliphatic heterocycles. The van der Waals surface area contributed by atoms with Crippen LogP contribution in [0.5, 0.6) is 0 Å². The number of carbonyl (C=O) groups is 1. The summed E-state index contributed by atoms with van der Waals surface area (Å²) in [5.74, 6) is -0.372. The molecule has 2 aromatic heterocycles. The van der Waals surface area contributed by atoms with E-state index in [0.717, 1.165) is 16.4 Å². The number of hydrogen-bond donors (Lipinski definition) is 1. The van der Waals surface area contributed by atoms with Gasteiger partial charge in [0, 0.05) is 30.4 Å². The molecular weight excluding hydrogens is 274 g/mol. The zero-order chi connectivity index (χ0) is 14.9. The van der Waals surface area contributed by atoms with Crippen molar-refractivity contribution in [3.63, 3.8) is 0 Å². The van der Waals surface area contributed by atoms with Crippen LogP contribution in [0.25, 0.3) is 0 Å². The fourth-order valence-corrected chi connectivity index (χ4v) is 2.53. The summed E-state index contributed by atoms with van der Waals surface area (Å²) in [6, 6.07) is 1.24. The van der Waals surface area contributed by atoms with Crippen LogP contribution in [-0.2, 0) is 7.05 Å². The molecule has 6 heteroatoms.